The highest BCUT2D eigenvalue weighted by Crippen LogP contribution is 2.00. The van der Waals surface area contributed by atoms with E-state index in [1.807, 2.05) is 0 Å². The average Bonchev–Trinajstić information content (AvgIpc) is 2.10. The standard InChI is InChI=1S/C10H14O5/c1-3-4-8(10(13)14)6-15-9(12)5-7(2)11/h4H,3,5-6H2,1-2H3,(H,13,14). The van der Waals surface area contributed by atoms with Gasteiger partial charge >= 0.3 is 11.9 Å². The summed E-state index contributed by atoms with van der Waals surface area (Å²) < 4.78 is 4.62. The Balaban J connectivity index is 4.12. The third-order valence-corrected chi connectivity index (χ3v) is 1.51. The van der Waals surface area contributed by atoms with Gasteiger partial charge in [-0.05, 0) is 13.3 Å². The van der Waals surface area contributed by atoms with Crippen LogP contribution < -0.4 is 0 Å². The molecule has 0 aromatic heterocycles. The number of carbonyl (C=O) groups excluding carboxylic acids is 2. The lowest BCUT2D eigenvalue weighted by Crippen LogP contribution is -2.14. The van der Waals surface area contributed by atoms with Gasteiger partial charge in [-0.15, -0.1) is 0 Å². The van der Waals surface area contributed by atoms with Crippen LogP contribution in [0.1, 0.15) is 26.7 Å². The number of carboxylic acids is 1. The molecule has 0 atom stereocenters. The molecule has 15 heavy (non-hydrogen) atoms. The highest BCUT2D eigenvalue weighted by Gasteiger charge is 2.11. The number of ketones is 1. The molecular formula is C10H14O5. The number of ether oxygens (including phenoxy) is 1. The summed E-state index contributed by atoms with van der Waals surface area (Å²) in [4.78, 5) is 32.0. The second-order valence-electron chi connectivity index (χ2n) is 2.98. The molecule has 0 heterocycles. The summed E-state index contributed by atoms with van der Waals surface area (Å²) in [6.45, 7) is 2.75. The van der Waals surface area contributed by atoms with Crippen molar-refractivity contribution in [2.75, 3.05) is 6.61 Å². The first-order valence-corrected chi connectivity index (χ1v) is 4.54. The fourth-order valence-corrected chi connectivity index (χ4v) is 0.867. The monoisotopic (exact) mass is 214 g/mol. The van der Waals surface area contributed by atoms with E-state index in [4.69, 9.17) is 5.11 Å². The number of esters is 1. The molecule has 5 nitrogen and oxygen atoms in total. The average molecular weight is 214 g/mol. The van der Waals surface area contributed by atoms with E-state index in [0.29, 0.717) is 6.42 Å². The minimum atomic E-state index is -1.12. The largest absolute Gasteiger partial charge is 0.478 e. The van der Waals surface area contributed by atoms with E-state index in [1.54, 1.807) is 6.92 Å². The summed E-state index contributed by atoms with van der Waals surface area (Å²) in [6.07, 6.45) is 1.69. The third-order valence-electron chi connectivity index (χ3n) is 1.51. The van der Waals surface area contributed by atoms with Gasteiger partial charge in [-0.3, -0.25) is 9.59 Å². The maximum Gasteiger partial charge on any atom is 0.334 e. The lowest BCUT2D eigenvalue weighted by Gasteiger charge is -2.03. The zero-order valence-electron chi connectivity index (χ0n) is 8.78. The maximum absolute atomic E-state index is 10.9. The van der Waals surface area contributed by atoms with Crippen LogP contribution in [0.3, 0.4) is 0 Å². The Kier molecular flexibility index (Phi) is 6.01. The summed E-state index contributed by atoms with van der Waals surface area (Å²) in [7, 11) is 0. The van der Waals surface area contributed by atoms with Crippen molar-refractivity contribution in [2.24, 2.45) is 0 Å². The van der Waals surface area contributed by atoms with Gasteiger partial charge in [0.25, 0.3) is 0 Å². The number of carbonyl (C=O) groups is 3. The second-order valence-corrected chi connectivity index (χ2v) is 2.98. The highest BCUT2D eigenvalue weighted by atomic mass is 16.5. The summed E-state index contributed by atoms with van der Waals surface area (Å²) >= 11 is 0. The molecule has 0 aliphatic rings. The molecule has 84 valence electrons. The lowest BCUT2D eigenvalue weighted by atomic mass is 10.2. The third kappa shape index (κ3) is 6.42. The molecule has 1 N–H and O–H groups in total. The smallest absolute Gasteiger partial charge is 0.334 e. The Morgan fingerprint density at radius 1 is 1.33 bits per heavy atom. The minimum absolute atomic E-state index is 0.0226. The van der Waals surface area contributed by atoms with Crippen LogP contribution in [-0.2, 0) is 19.1 Å². The van der Waals surface area contributed by atoms with Crippen molar-refractivity contribution in [3.05, 3.63) is 11.6 Å². The Morgan fingerprint density at radius 2 is 1.93 bits per heavy atom. The predicted molar refractivity (Wildman–Crippen MR) is 52.3 cm³/mol. The SMILES string of the molecule is CCC=C(COC(=O)CC(C)=O)C(=O)O. The van der Waals surface area contributed by atoms with Crippen LogP contribution >= 0.6 is 0 Å². The summed E-state index contributed by atoms with van der Waals surface area (Å²) in [5.74, 6) is -2.13. The Hall–Kier alpha value is -1.65. The van der Waals surface area contributed by atoms with E-state index in [-0.39, 0.29) is 24.4 Å². The molecule has 0 fully saturated rings. The van der Waals surface area contributed by atoms with Crippen molar-refractivity contribution in [3.8, 4) is 0 Å². The van der Waals surface area contributed by atoms with Crippen molar-refractivity contribution < 1.29 is 24.2 Å². The van der Waals surface area contributed by atoms with E-state index in [2.05, 4.69) is 4.74 Å². The normalized spacial score (nSPS) is 10.9. The van der Waals surface area contributed by atoms with E-state index in [0.717, 1.165) is 0 Å². The van der Waals surface area contributed by atoms with Gasteiger partial charge in [-0.25, -0.2) is 4.79 Å². The minimum Gasteiger partial charge on any atom is -0.478 e. The zero-order valence-corrected chi connectivity index (χ0v) is 8.78. The van der Waals surface area contributed by atoms with E-state index in [9.17, 15) is 14.4 Å². The fraction of sp³-hybridized carbons (Fsp3) is 0.500. The number of carboxylic acid groups (broad SMARTS) is 1. The Bertz CT molecular complexity index is 290. The highest BCUT2D eigenvalue weighted by molar-refractivity contribution is 5.94. The topological polar surface area (TPSA) is 80.7 Å². The molecule has 0 spiro atoms. The number of rotatable bonds is 6. The molecule has 0 aromatic rings. The van der Waals surface area contributed by atoms with Gasteiger partial charge in [0.05, 0.1) is 5.57 Å². The zero-order chi connectivity index (χ0) is 11.8. The fourth-order valence-electron chi connectivity index (χ4n) is 0.867. The van der Waals surface area contributed by atoms with Gasteiger partial charge in [0, 0.05) is 0 Å². The first-order valence-electron chi connectivity index (χ1n) is 4.54. The van der Waals surface area contributed by atoms with Crippen molar-refractivity contribution in [1.82, 2.24) is 0 Å². The van der Waals surface area contributed by atoms with Crippen molar-refractivity contribution in [1.29, 1.82) is 0 Å². The Morgan fingerprint density at radius 3 is 2.33 bits per heavy atom. The van der Waals surface area contributed by atoms with E-state index < -0.39 is 11.9 Å². The summed E-state index contributed by atoms with van der Waals surface area (Å²) in [5.41, 5.74) is 0.0226. The van der Waals surface area contributed by atoms with E-state index in [1.165, 1.54) is 13.0 Å². The molecule has 0 aromatic carbocycles. The molecule has 0 saturated carbocycles. The van der Waals surface area contributed by atoms with Gasteiger partial charge < -0.3 is 9.84 Å². The first kappa shape index (κ1) is 13.4. The number of hydrogen-bond acceptors (Lipinski definition) is 4. The number of hydrogen-bond donors (Lipinski definition) is 1. The maximum atomic E-state index is 10.9. The van der Waals surface area contributed by atoms with Crippen LogP contribution in [0.2, 0.25) is 0 Å². The van der Waals surface area contributed by atoms with Crippen LogP contribution in [0.15, 0.2) is 11.6 Å². The summed E-state index contributed by atoms with van der Waals surface area (Å²) in [5, 5.41) is 8.67. The molecule has 0 aliphatic carbocycles. The van der Waals surface area contributed by atoms with Gasteiger partial charge in [0.1, 0.15) is 18.8 Å². The van der Waals surface area contributed by atoms with Gasteiger partial charge in [-0.1, -0.05) is 13.0 Å². The lowest BCUT2D eigenvalue weighted by molar-refractivity contribution is -0.145. The van der Waals surface area contributed by atoms with Crippen molar-refractivity contribution >= 4 is 17.7 Å². The first-order chi connectivity index (χ1) is 6.97. The quantitative estimate of drug-likeness (QED) is 0.404. The van der Waals surface area contributed by atoms with E-state index >= 15 is 0 Å². The van der Waals surface area contributed by atoms with Gasteiger partial charge in [0.15, 0.2) is 0 Å². The van der Waals surface area contributed by atoms with Crippen LogP contribution in [-0.4, -0.2) is 29.4 Å². The van der Waals surface area contributed by atoms with Crippen molar-refractivity contribution in [3.63, 3.8) is 0 Å². The number of aliphatic carboxylic acids is 1. The van der Waals surface area contributed by atoms with Crippen molar-refractivity contribution in [2.45, 2.75) is 26.7 Å². The molecule has 0 rings (SSSR count). The second kappa shape index (κ2) is 6.75. The van der Waals surface area contributed by atoms with Crippen LogP contribution in [0.25, 0.3) is 0 Å². The van der Waals surface area contributed by atoms with Gasteiger partial charge in [0.2, 0.25) is 0 Å². The molecule has 5 heteroatoms. The van der Waals surface area contributed by atoms with Gasteiger partial charge in [-0.2, -0.15) is 0 Å². The molecule has 0 unspecified atom stereocenters. The molecule has 0 amide bonds. The summed E-state index contributed by atoms with van der Waals surface area (Å²) in [6, 6.07) is 0. The molecule has 0 bridgehead atoms. The molecule has 0 radical (unpaired) electrons. The van der Waals surface area contributed by atoms with Crippen LogP contribution in [0, 0.1) is 0 Å². The Labute approximate surface area is 87.7 Å². The van der Waals surface area contributed by atoms with Crippen LogP contribution in [0.4, 0.5) is 0 Å². The molecular weight excluding hydrogens is 200 g/mol. The molecule has 0 saturated heterocycles. The molecule has 0 aliphatic heterocycles. The number of Topliss-reactive ketones (excluding diaryl/α,β-unsaturated/α-hetero) is 1. The predicted octanol–water partition coefficient (Wildman–Crippen LogP) is 0.930. The number of allylic oxidation sites excluding steroid dienone is 1. The van der Waals surface area contributed by atoms with Crippen LogP contribution in [0.5, 0.6) is 0 Å².